The molecule has 5 heteroatoms. The molecule has 0 N–H and O–H groups in total. The van der Waals surface area contributed by atoms with Gasteiger partial charge in [-0.05, 0) is 43.8 Å². The molecule has 0 saturated carbocycles. The Balaban J connectivity index is 3.56. The van der Waals surface area contributed by atoms with E-state index in [2.05, 4.69) is 78.5 Å². The summed E-state index contributed by atoms with van der Waals surface area (Å²) in [5, 5.41) is 0. The third kappa shape index (κ3) is 2.24. The second-order valence-electron chi connectivity index (χ2n) is 2.71. The van der Waals surface area contributed by atoms with E-state index in [1.54, 1.807) is 0 Å². The minimum Gasteiger partial charge on any atom is -0.0612 e. The first-order valence-corrected chi connectivity index (χ1v) is 6.99. The summed E-state index contributed by atoms with van der Waals surface area (Å²) >= 11 is 14.2. The minimum absolute atomic E-state index is 1.01. The van der Waals surface area contributed by atoms with Gasteiger partial charge in [0.15, 0.2) is 0 Å². The van der Waals surface area contributed by atoms with Crippen molar-refractivity contribution in [1.29, 1.82) is 0 Å². The van der Waals surface area contributed by atoms with Gasteiger partial charge < -0.3 is 0 Å². The number of hydrogen-bond acceptors (Lipinski definition) is 0. The van der Waals surface area contributed by atoms with Crippen LogP contribution < -0.4 is 5.46 Å². The molecule has 70 valence electrons. The second-order valence-corrected chi connectivity index (χ2v) is 5.89. The van der Waals surface area contributed by atoms with E-state index in [0.29, 0.717) is 0 Å². The van der Waals surface area contributed by atoms with Crippen LogP contribution in [0.15, 0.2) is 17.9 Å². The average Bonchev–Trinajstić information content (AvgIpc) is 2.13. The molecule has 0 atom stereocenters. The molecule has 0 fully saturated rings. The van der Waals surface area contributed by atoms with Gasteiger partial charge in [0.1, 0.15) is 7.85 Å². The van der Waals surface area contributed by atoms with E-state index in [9.17, 15) is 0 Å². The second kappa shape index (κ2) is 4.82. The summed E-state index contributed by atoms with van der Waals surface area (Å²) in [4.78, 5) is 0. The van der Waals surface area contributed by atoms with E-state index >= 15 is 0 Å². The zero-order valence-corrected chi connectivity index (χ0v) is 13.6. The van der Waals surface area contributed by atoms with Crippen LogP contribution in [-0.2, 0) is 6.42 Å². The molecule has 0 unspecified atom stereocenters. The quantitative estimate of drug-likeness (QED) is 0.361. The molecule has 0 aliphatic heterocycles. The van der Waals surface area contributed by atoms with Crippen molar-refractivity contribution in [2.75, 3.05) is 0 Å². The highest BCUT2D eigenvalue weighted by Crippen LogP contribution is 2.36. The highest BCUT2D eigenvalue weighted by molar-refractivity contribution is 9.14. The molecule has 0 spiro atoms. The van der Waals surface area contributed by atoms with Crippen molar-refractivity contribution in [2.45, 2.75) is 13.3 Å². The molecule has 0 aromatic heterocycles. The van der Waals surface area contributed by atoms with Gasteiger partial charge in [0, 0.05) is 17.9 Å². The van der Waals surface area contributed by atoms with Crippen LogP contribution in [0.25, 0.3) is 0 Å². The average molecular weight is 434 g/mol. The SMILES string of the molecule is Bc1c(Br)c(Br)c(Br)c(CC)c1Br. The van der Waals surface area contributed by atoms with Crippen LogP contribution in [-0.4, -0.2) is 7.85 Å². The first-order chi connectivity index (χ1) is 6.00. The van der Waals surface area contributed by atoms with Crippen molar-refractivity contribution < 1.29 is 0 Å². The third-order valence-electron chi connectivity index (χ3n) is 1.93. The normalized spacial score (nSPS) is 10.5. The first kappa shape index (κ1) is 12.3. The van der Waals surface area contributed by atoms with Gasteiger partial charge in [-0.1, -0.05) is 44.2 Å². The lowest BCUT2D eigenvalue weighted by Gasteiger charge is -2.12. The van der Waals surface area contributed by atoms with Crippen LogP contribution >= 0.6 is 63.7 Å². The topological polar surface area (TPSA) is 0 Å². The summed E-state index contributed by atoms with van der Waals surface area (Å²) < 4.78 is 4.49. The molecule has 0 aliphatic carbocycles. The zero-order chi connectivity index (χ0) is 10.2. The molecule has 0 amide bonds. The van der Waals surface area contributed by atoms with Crippen LogP contribution in [0, 0.1) is 0 Å². The monoisotopic (exact) mass is 430 g/mol. The number of benzene rings is 1. The van der Waals surface area contributed by atoms with Crippen molar-refractivity contribution >= 4 is 77.0 Å². The van der Waals surface area contributed by atoms with Crippen LogP contribution in [0.5, 0.6) is 0 Å². The maximum absolute atomic E-state index is 3.60. The fraction of sp³-hybridized carbons (Fsp3) is 0.250. The molecular weight excluding hydrogens is 427 g/mol. The number of rotatable bonds is 1. The molecule has 0 bridgehead atoms. The van der Waals surface area contributed by atoms with Gasteiger partial charge in [0.2, 0.25) is 0 Å². The van der Waals surface area contributed by atoms with Crippen LogP contribution in [0.4, 0.5) is 0 Å². The Morgan fingerprint density at radius 1 is 0.923 bits per heavy atom. The summed E-state index contributed by atoms with van der Waals surface area (Å²) in [6, 6.07) is 0. The van der Waals surface area contributed by atoms with Gasteiger partial charge in [-0.15, -0.1) is 0 Å². The van der Waals surface area contributed by atoms with Gasteiger partial charge in [-0.3, -0.25) is 0 Å². The third-order valence-corrected chi connectivity index (χ3v) is 6.72. The minimum atomic E-state index is 1.01. The maximum atomic E-state index is 3.60. The molecule has 1 aromatic rings. The Kier molecular flexibility index (Phi) is 4.55. The summed E-state index contributed by atoms with van der Waals surface area (Å²) in [7, 11) is 2.09. The lowest BCUT2D eigenvalue weighted by atomic mass is 9.94. The molecule has 0 nitrogen and oxygen atoms in total. The van der Waals surface area contributed by atoms with Crippen LogP contribution in [0.2, 0.25) is 0 Å². The largest absolute Gasteiger partial charge is 0.142 e. The van der Waals surface area contributed by atoms with Crippen molar-refractivity contribution in [3.63, 3.8) is 0 Å². The lowest BCUT2D eigenvalue weighted by molar-refractivity contribution is 1.11. The Bertz CT molecular complexity index is 319. The summed E-state index contributed by atoms with van der Waals surface area (Å²) in [6.45, 7) is 2.14. The van der Waals surface area contributed by atoms with Crippen LogP contribution in [0.3, 0.4) is 0 Å². The molecule has 0 radical (unpaired) electrons. The lowest BCUT2D eigenvalue weighted by Crippen LogP contribution is -2.11. The van der Waals surface area contributed by atoms with E-state index in [1.807, 2.05) is 0 Å². The van der Waals surface area contributed by atoms with E-state index < -0.39 is 0 Å². The summed E-state index contributed by atoms with van der Waals surface area (Å²) in [5.41, 5.74) is 2.53. The Morgan fingerprint density at radius 2 is 1.46 bits per heavy atom. The van der Waals surface area contributed by atoms with Gasteiger partial charge in [0.05, 0.1) is 0 Å². The van der Waals surface area contributed by atoms with E-state index in [1.165, 1.54) is 15.5 Å². The highest BCUT2D eigenvalue weighted by atomic mass is 79.9. The molecular formula is C8H7BBr4. The van der Waals surface area contributed by atoms with Crippen LogP contribution in [0.1, 0.15) is 12.5 Å². The van der Waals surface area contributed by atoms with Gasteiger partial charge in [-0.2, -0.15) is 0 Å². The summed E-state index contributed by atoms with van der Waals surface area (Å²) in [5.74, 6) is 0. The Morgan fingerprint density at radius 3 is 1.92 bits per heavy atom. The zero-order valence-electron chi connectivity index (χ0n) is 7.22. The van der Waals surface area contributed by atoms with Crippen molar-refractivity contribution in [3.8, 4) is 0 Å². The fourth-order valence-electron chi connectivity index (χ4n) is 1.12. The van der Waals surface area contributed by atoms with Crippen molar-refractivity contribution in [1.82, 2.24) is 0 Å². The smallest absolute Gasteiger partial charge is 0.0612 e. The summed E-state index contributed by atoms with van der Waals surface area (Å²) in [6.07, 6.45) is 1.01. The first-order valence-electron chi connectivity index (χ1n) is 3.82. The van der Waals surface area contributed by atoms with Gasteiger partial charge in [-0.25, -0.2) is 0 Å². The van der Waals surface area contributed by atoms with E-state index in [-0.39, 0.29) is 0 Å². The number of hydrogen-bond donors (Lipinski definition) is 0. The standard InChI is InChI=1S/C8H7BBr4/c1-2-3-5(10)4(9)7(12)8(13)6(3)11/h2,9H2,1H3. The molecule has 0 heterocycles. The molecule has 1 rings (SSSR count). The predicted octanol–water partition coefficient (Wildman–Crippen LogP) is 3.56. The van der Waals surface area contributed by atoms with Gasteiger partial charge in [0.25, 0.3) is 0 Å². The Hall–Kier alpha value is 1.20. The van der Waals surface area contributed by atoms with E-state index in [4.69, 9.17) is 0 Å². The highest BCUT2D eigenvalue weighted by Gasteiger charge is 2.14. The Labute approximate surface area is 113 Å². The van der Waals surface area contributed by atoms with E-state index in [0.717, 1.165) is 19.8 Å². The fourth-order valence-corrected chi connectivity index (χ4v) is 4.21. The molecule has 13 heavy (non-hydrogen) atoms. The van der Waals surface area contributed by atoms with Gasteiger partial charge >= 0.3 is 0 Å². The maximum Gasteiger partial charge on any atom is 0.142 e. The van der Waals surface area contributed by atoms with Crippen molar-refractivity contribution in [2.24, 2.45) is 0 Å². The molecule has 0 aliphatic rings. The number of halogens is 4. The molecule has 0 saturated heterocycles. The molecule has 1 aromatic carbocycles. The van der Waals surface area contributed by atoms with Crippen molar-refractivity contribution in [3.05, 3.63) is 23.5 Å². The predicted molar refractivity (Wildman–Crippen MR) is 74.8 cm³/mol.